The Bertz CT molecular complexity index is 163. The van der Waals surface area contributed by atoms with E-state index in [1.807, 2.05) is 0 Å². The fourth-order valence-corrected chi connectivity index (χ4v) is 1.16. The lowest BCUT2D eigenvalue weighted by atomic mass is 10.4. The molecule has 0 amide bonds. The van der Waals surface area contributed by atoms with Gasteiger partial charge in [0.15, 0.2) is 6.04 Å². The Morgan fingerprint density at radius 3 is 2.82 bits per heavy atom. The molecule has 0 aromatic carbocycles. The minimum Gasteiger partial charge on any atom is -0.477 e. The van der Waals surface area contributed by atoms with Crippen LogP contribution < -0.4 is 11.1 Å². The van der Waals surface area contributed by atoms with Crippen molar-refractivity contribution in [2.45, 2.75) is 6.04 Å². The van der Waals surface area contributed by atoms with Gasteiger partial charge in [-0.3, -0.25) is 0 Å². The minimum absolute atomic E-state index is 0.412. The Kier molecular flexibility index (Phi) is 5.18. The molecule has 0 aliphatic heterocycles. The van der Waals surface area contributed by atoms with E-state index in [-0.39, 0.29) is 0 Å². The van der Waals surface area contributed by atoms with Crippen LogP contribution in [0, 0.1) is 0 Å². The molecule has 6 heteroatoms. The van der Waals surface area contributed by atoms with Crippen LogP contribution in [0.25, 0.3) is 0 Å². The molecule has 0 bridgehead atoms. The van der Waals surface area contributed by atoms with Gasteiger partial charge in [0, 0.05) is 7.05 Å². The average molecular weight is 195 g/mol. The van der Waals surface area contributed by atoms with E-state index in [4.69, 9.17) is 17.3 Å². The Morgan fingerprint density at radius 2 is 2.45 bits per heavy atom. The second-order valence-electron chi connectivity index (χ2n) is 1.88. The molecular formula is C5H11N2O2S2+. The topological polar surface area (TPSA) is 77.0 Å². The quantitative estimate of drug-likeness (QED) is 0.499. The number of nitrogens with one attached hydrogen (secondary N) is 1. The van der Waals surface area contributed by atoms with Crippen LogP contribution in [0.2, 0.25) is 0 Å². The first-order chi connectivity index (χ1) is 5.07. The lowest BCUT2D eigenvalue weighted by Crippen LogP contribution is -2.66. The van der Waals surface area contributed by atoms with Crippen LogP contribution >= 0.6 is 24.0 Å². The van der Waals surface area contributed by atoms with Crippen LogP contribution in [0.3, 0.4) is 0 Å². The number of hydrogen-bond donors (Lipinski definition) is 3. The van der Waals surface area contributed by atoms with Gasteiger partial charge in [-0.05, 0) is 0 Å². The Morgan fingerprint density at radius 1 is 1.91 bits per heavy atom. The number of aliphatic carboxylic acids is 1. The first-order valence-electron chi connectivity index (χ1n) is 2.98. The smallest absolute Gasteiger partial charge is 0.363 e. The molecule has 0 fully saturated rings. The highest BCUT2D eigenvalue weighted by Crippen LogP contribution is 2.01. The summed E-state index contributed by atoms with van der Waals surface area (Å²) in [4.78, 5) is 10.3. The van der Waals surface area contributed by atoms with E-state index in [2.05, 4.69) is 11.1 Å². The van der Waals surface area contributed by atoms with Gasteiger partial charge < -0.3 is 16.2 Å². The number of thiocarbonyl (C=S) groups is 1. The van der Waals surface area contributed by atoms with Crippen molar-refractivity contribution in [1.82, 2.24) is 5.32 Å². The molecule has 11 heavy (non-hydrogen) atoms. The molecule has 1 unspecified atom stereocenters. The predicted molar refractivity (Wildman–Crippen MR) is 48.4 cm³/mol. The highest BCUT2D eigenvalue weighted by molar-refractivity contribution is 8.23. The van der Waals surface area contributed by atoms with E-state index >= 15 is 0 Å². The van der Waals surface area contributed by atoms with Gasteiger partial charge in [0.2, 0.25) is 0 Å². The number of rotatable bonds is 3. The van der Waals surface area contributed by atoms with E-state index < -0.39 is 12.0 Å². The van der Waals surface area contributed by atoms with Gasteiger partial charge >= 0.3 is 5.97 Å². The molecule has 0 aliphatic rings. The summed E-state index contributed by atoms with van der Waals surface area (Å²) in [5.41, 5.74) is 3.44. The van der Waals surface area contributed by atoms with Crippen molar-refractivity contribution in [2.75, 3.05) is 12.8 Å². The number of carboxylic acids is 1. The van der Waals surface area contributed by atoms with Crippen LogP contribution in [-0.4, -0.2) is 34.2 Å². The van der Waals surface area contributed by atoms with Gasteiger partial charge in [0.1, 0.15) is 4.32 Å². The lowest BCUT2D eigenvalue weighted by molar-refractivity contribution is -0.400. The SMILES string of the molecule is CNC(=S)SCC([NH3+])C(=O)O. The van der Waals surface area contributed by atoms with Gasteiger partial charge in [-0.2, -0.15) is 0 Å². The molecule has 64 valence electrons. The minimum atomic E-state index is -0.892. The standard InChI is InChI=1S/C5H10N2O2S2/c1-7-5(10)11-2-3(6)4(8)9/h3H,2,6H2,1H3,(H,7,10)(H,8,9)/p+1. The normalized spacial score (nSPS) is 12.2. The fraction of sp³-hybridized carbons (Fsp3) is 0.600. The van der Waals surface area contributed by atoms with Crippen molar-refractivity contribution < 1.29 is 15.6 Å². The number of carboxylic acid groups (broad SMARTS) is 1. The van der Waals surface area contributed by atoms with Gasteiger partial charge in [0.05, 0.1) is 5.75 Å². The van der Waals surface area contributed by atoms with Crippen LogP contribution in [0.5, 0.6) is 0 Å². The summed E-state index contributed by atoms with van der Waals surface area (Å²) in [5.74, 6) is -0.481. The first-order valence-corrected chi connectivity index (χ1v) is 4.37. The molecule has 0 radical (unpaired) electrons. The maximum absolute atomic E-state index is 10.3. The highest BCUT2D eigenvalue weighted by Gasteiger charge is 2.15. The summed E-state index contributed by atoms with van der Waals surface area (Å²) in [6.07, 6.45) is 0. The Hall–Kier alpha value is -0.330. The van der Waals surface area contributed by atoms with Crippen molar-refractivity contribution in [3.05, 3.63) is 0 Å². The predicted octanol–water partition coefficient (Wildman–Crippen LogP) is -1.08. The average Bonchev–Trinajstić information content (AvgIpc) is 1.99. The van der Waals surface area contributed by atoms with Crippen molar-refractivity contribution in [1.29, 1.82) is 0 Å². The van der Waals surface area contributed by atoms with Crippen molar-refractivity contribution in [2.24, 2.45) is 0 Å². The van der Waals surface area contributed by atoms with Gasteiger partial charge in [-0.1, -0.05) is 24.0 Å². The summed E-state index contributed by atoms with van der Waals surface area (Å²) >= 11 is 6.08. The summed E-state index contributed by atoms with van der Waals surface area (Å²) in [6, 6.07) is -0.591. The lowest BCUT2D eigenvalue weighted by Gasteiger charge is -2.02. The zero-order valence-electron chi connectivity index (χ0n) is 6.16. The second kappa shape index (κ2) is 5.34. The fourth-order valence-electron chi connectivity index (χ4n) is 0.320. The largest absolute Gasteiger partial charge is 0.477 e. The number of hydrogen-bond acceptors (Lipinski definition) is 3. The molecule has 0 heterocycles. The van der Waals surface area contributed by atoms with E-state index in [1.54, 1.807) is 7.05 Å². The van der Waals surface area contributed by atoms with Crippen LogP contribution in [-0.2, 0) is 4.79 Å². The Balaban J connectivity index is 3.54. The van der Waals surface area contributed by atoms with Crippen LogP contribution in [0.4, 0.5) is 0 Å². The number of carbonyl (C=O) groups is 1. The van der Waals surface area contributed by atoms with E-state index in [0.29, 0.717) is 10.1 Å². The molecule has 0 aromatic heterocycles. The Labute approximate surface area is 74.5 Å². The second-order valence-corrected chi connectivity index (χ2v) is 3.58. The van der Waals surface area contributed by atoms with Crippen molar-refractivity contribution >= 4 is 34.3 Å². The maximum atomic E-state index is 10.3. The third kappa shape index (κ3) is 5.00. The van der Waals surface area contributed by atoms with Crippen molar-refractivity contribution in [3.63, 3.8) is 0 Å². The van der Waals surface area contributed by atoms with E-state index in [9.17, 15) is 4.79 Å². The molecule has 0 aliphatic carbocycles. The summed E-state index contributed by atoms with van der Waals surface area (Å²) < 4.78 is 0.597. The summed E-state index contributed by atoms with van der Waals surface area (Å²) in [6.45, 7) is 0. The number of thioether (sulfide) groups is 1. The monoisotopic (exact) mass is 195 g/mol. The maximum Gasteiger partial charge on any atom is 0.363 e. The summed E-state index contributed by atoms with van der Waals surface area (Å²) in [5, 5.41) is 11.2. The molecular weight excluding hydrogens is 184 g/mol. The third-order valence-electron chi connectivity index (χ3n) is 0.969. The molecule has 1 atom stereocenters. The van der Waals surface area contributed by atoms with E-state index in [1.165, 1.54) is 11.8 Å². The molecule has 0 saturated carbocycles. The molecule has 0 spiro atoms. The third-order valence-corrected chi connectivity index (χ3v) is 2.56. The van der Waals surface area contributed by atoms with Gasteiger partial charge in [0.25, 0.3) is 0 Å². The molecule has 5 N–H and O–H groups in total. The summed E-state index contributed by atoms with van der Waals surface area (Å²) in [7, 11) is 1.70. The molecule has 0 saturated heterocycles. The number of quaternary nitrogens is 1. The zero-order chi connectivity index (χ0) is 8.85. The van der Waals surface area contributed by atoms with Gasteiger partial charge in [-0.15, -0.1) is 0 Å². The first kappa shape index (κ1) is 10.7. The van der Waals surface area contributed by atoms with E-state index in [0.717, 1.165) is 0 Å². The molecule has 0 rings (SSSR count). The van der Waals surface area contributed by atoms with Crippen molar-refractivity contribution in [3.8, 4) is 0 Å². The van der Waals surface area contributed by atoms with Gasteiger partial charge in [-0.25, -0.2) is 4.79 Å². The molecule has 0 aromatic rings. The van der Waals surface area contributed by atoms with Crippen LogP contribution in [0.15, 0.2) is 0 Å². The molecule has 4 nitrogen and oxygen atoms in total. The van der Waals surface area contributed by atoms with Crippen LogP contribution in [0.1, 0.15) is 0 Å². The zero-order valence-corrected chi connectivity index (χ0v) is 7.80. The highest BCUT2D eigenvalue weighted by atomic mass is 32.2.